The van der Waals surface area contributed by atoms with Crippen LogP contribution in [0.3, 0.4) is 0 Å². The number of Topliss-reactive ketones (excluding diaryl/α,β-unsaturated/α-hetero) is 1. The maximum Gasteiger partial charge on any atom is 0.204 e. The Bertz CT molecular complexity index is 463. The Kier molecular flexibility index (Phi) is 3.91. The van der Waals surface area contributed by atoms with Gasteiger partial charge in [-0.3, -0.25) is 9.48 Å². The van der Waals surface area contributed by atoms with E-state index in [2.05, 4.69) is 5.10 Å². The molecule has 0 spiro atoms. The van der Waals surface area contributed by atoms with Gasteiger partial charge in [-0.1, -0.05) is 0 Å². The molecule has 1 saturated carbocycles. The van der Waals surface area contributed by atoms with E-state index in [1.807, 2.05) is 19.0 Å². The summed E-state index contributed by atoms with van der Waals surface area (Å²) in [5.74, 6) is 0.465. The molecule has 0 saturated heterocycles. The molecule has 2 rings (SSSR count). The minimum Gasteiger partial charge on any atom is -0.493 e. The number of nitrogens with zero attached hydrogens (tertiary/aromatic N) is 3. The maximum atomic E-state index is 12.6. The number of carbonyl (C=O) groups is 1. The summed E-state index contributed by atoms with van der Waals surface area (Å²) in [5, 5.41) is 4.24. The second-order valence-corrected chi connectivity index (χ2v) is 5.43. The van der Waals surface area contributed by atoms with Gasteiger partial charge in [0.1, 0.15) is 5.69 Å². The van der Waals surface area contributed by atoms with Crippen molar-refractivity contribution in [2.75, 3.05) is 27.7 Å². The molecule has 1 aromatic heterocycles. The van der Waals surface area contributed by atoms with Crippen molar-refractivity contribution in [3.8, 4) is 5.75 Å². The lowest BCUT2D eigenvalue weighted by molar-refractivity contribution is 0.0784. The predicted octanol–water partition coefficient (Wildman–Crippen LogP) is 0.517. The van der Waals surface area contributed by atoms with Gasteiger partial charge in [0.15, 0.2) is 5.75 Å². The summed E-state index contributed by atoms with van der Waals surface area (Å²) in [7, 11) is 5.52. The summed E-state index contributed by atoms with van der Waals surface area (Å²) in [4.78, 5) is 14.6. The van der Waals surface area contributed by atoms with Gasteiger partial charge in [-0.15, -0.1) is 0 Å². The van der Waals surface area contributed by atoms with Crippen molar-refractivity contribution in [2.45, 2.75) is 31.3 Å². The predicted molar refractivity (Wildman–Crippen MR) is 72.4 cm³/mol. The second kappa shape index (κ2) is 5.30. The lowest BCUT2D eigenvalue weighted by atomic mass is 9.73. The Morgan fingerprint density at radius 2 is 2.26 bits per heavy atom. The fraction of sp³-hybridized carbons (Fsp3) is 0.692. The van der Waals surface area contributed by atoms with Crippen LogP contribution in [0.15, 0.2) is 6.20 Å². The summed E-state index contributed by atoms with van der Waals surface area (Å²) >= 11 is 0. The fourth-order valence-corrected chi connectivity index (χ4v) is 2.23. The average Bonchev–Trinajstić information content (AvgIpc) is 2.75. The lowest BCUT2D eigenvalue weighted by Gasteiger charge is -2.36. The summed E-state index contributed by atoms with van der Waals surface area (Å²) in [6.07, 6.45) is 4.09. The van der Waals surface area contributed by atoms with Crippen LogP contribution in [-0.4, -0.2) is 53.8 Å². The van der Waals surface area contributed by atoms with E-state index in [-0.39, 0.29) is 5.78 Å². The van der Waals surface area contributed by atoms with Crippen LogP contribution in [0.1, 0.15) is 29.8 Å². The van der Waals surface area contributed by atoms with Gasteiger partial charge >= 0.3 is 0 Å². The van der Waals surface area contributed by atoms with Gasteiger partial charge in [0.2, 0.25) is 5.78 Å². The molecule has 0 bridgehead atoms. The molecular formula is C13H22N4O2. The third-order valence-corrected chi connectivity index (χ3v) is 3.70. The van der Waals surface area contributed by atoms with Crippen molar-refractivity contribution in [3.05, 3.63) is 11.9 Å². The molecule has 6 heteroatoms. The highest BCUT2D eigenvalue weighted by Crippen LogP contribution is 2.34. The van der Waals surface area contributed by atoms with Crippen molar-refractivity contribution < 1.29 is 9.53 Å². The summed E-state index contributed by atoms with van der Waals surface area (Å²) in [6, 6.07) is 0. The standard InChI is InChI=1S/C13H22N4O2/c1-16(2)7-8-17-11(10(19-3)9-15-17)12(18)13(14)5-4-6-13/h9H,4-8,14H2,1-3H3. The Balaban J connectivity index is 2.25. The first-order valence-corrected chi connectivity index (χ1v) is 6.56. The molecule has 0 atom stereocenters. The molecule has 1 fully saturated rings. The number of likely N-dealkylation sites (N-methyl/N-ethyl adjacent to an activating group) is 1. The molecule has 106 valence electrons. The number of nitrogens with two attached hydrogens (primary N) is 1. The van der Waals surface area contributed by atoms with Gasteiger partial charge in [0.25, 0.3) is 0 Å². The monoisotopic (exact) mass is 266 g/mol. The smallest absolute Gasteiger partial charge is 0.204 e. The van der Waals surface area contributed by atoms with E-state index in [9.17, 15) is 4.79 Å². The highest BCUT2D eigenvalue weighted by molar-refractivity contribution is 6.04. The maximum absolute atomic E-state index is 12.6. The van der Waals surface area contributed by atoms with E-state index in [4.69, 9.17) is 10.5 Å². The van der Waals surface area contributed by atoms with Gasteiger partial charge in [0.05, 0.1) is 25.4 Å². The van der Waals surface area contributed by atoms with Crippen LogP contribution in [-0.2, 0) is 6.54 Å². The van der Waals surface area contributed by atoms with Gasteiger partial charge < -0.3 is 15.4 Å². The van der Waals surface area contributed by atoms with Crippen LogP contribution in [0.4, 0.5) is 0 Å². The van der Waals surface area contributed by atoms with Crippen LogP contribution < -0.4 is 10.5 Å². The molecule has 19 heavy (non-hydrogen) atoms. The molecule has 0 radical (unpaired) electrons. The van der Waals surface area contributed by atoms with E-state index in [1.54, 1.807) is 18.0 Å². The Morgan fingerprint density at radius 3 is 2.74 bits per heavy atom. The number of ketones is 1. The molecule has 1 aromatic rings. The molecule has 0 aromatic carbocycles. The Labute approximate surface area is 113 Å². The molecule has 1 aliphatic carbocycles. The molecule has 0 unspecified atom stereocenters. The van der Waals surface area contributed by atoms with Crippen LogP contribution in [0.25, 0.3) is 0 Å². The number of methoxy groups -OCH3 is 1. The molecule has 6 nitrogen and oxygen atoms in total. The van der Waals surface area contributed by atoms with Crippen LogP contribution >= 0.6 is 0 Å². The minimum atomic E-state index is -0.719. The summed E-state index contributed by atoms with van der Waals surface area (Å²) in [5.41, 5.74) is 5.92. The number of aromatic nitrogens is 2. The van der Waals surface area contributed by atoms with Crippen molar-refractivity contribution in [1.82, 2.24) is 14.7 Å². The van der Waals surface area contributed by atoms with Crippen molar-refractivity contribution in [3.63, 3.8) is 0 Å². The van der Waals surface area contributed by atoms with E-state index >= 15 is 0 Å². The van der Waals surface area contributed by atoms with E-state index in [0.717, 1.165) is 25.8 Å². The lowest BCUT2D eigenvalue weighted by Crippen LogP contribution is -2.54. The van der Waals surface area contributed by atoms with Crippen LogP contribution in [0, 0.1) is 0 Å². The SMILES string of the molecule is COc1cnn(CCN(C)C)c1C(=O)C1(N)CCC1. The quantitative estimate of drug-likeness (QED) is 0.760. The molecule has 2 N–H and O–H groups in total. The van der Waals surface area contributed by atoms with Crippen molar-refractivity contribution in [1.29, 1.82) is 0 Å². The highest BCUT2D eigenvalue weighted by Gasteiger charge is 2.43. The first-order valence-electron chi connectivity index (χ1n) is 6.56. The van der Waals surface area contributed by atoms with E-state index in [1.165, 1.54) is 0 Å². The number of carbonyl (C=O) groups excluding carboxylic acids is 1. The Hall–Kier alpha value is -1.40. The number of ether oxygens (including phenoxy) is 1. The zero-order valence-corrected chi connectivity index (χ0v) is 11.8. The molecule has 1 aliphatic rings. The third-order valence-electron chi connectivity index (χ3n) is 3.70. The normalized spacial score (nSPS) is 17.3. The molecule has 0 amide bonds. The first-order chi connectivity index (χ1) is 8.98. The van der Waals surface area contributed by atoms with Crippen molar-refractivity contribution in [2.24, 2.45) is 5.73 Å². The Morgan fingerprint density at radius 1 is 1.58 bits per heavy atom. The number of hydrogen-bond donors (Lipinski definition) is 1. The first kappa shape index (κ1) is 14.0. The van der Waals surface area contributed by atoms with Gasteiger partial charge in [-0.2, -0.15) is 5.10 Å². The van der Waals surface area contributed by atoms with Gasteiger partial charge in [-0.25, -0.2) is 0 Å². The molecular weight excluding hydrogens is 244 g/mol. The largest absolute Gasteiger partial charge is 0.493 e. The van der Waals surface area contributed by atoms with Crippen LogP contribution in [0.5, 0.6) is 5.75 Å². The zero-order valence-electron chi connectivity index (χ0n) is 11.8. The van der Waals surface area contributed by atoms with Crippen molar-refractivity contribution >= 4 is 5.78 Å². The van der Waals surface area contributed by atoms with E-state index in [0.29, 0.717) is 18.0 Å². The third kappa shape index (κ3) is 2.64. The molecule has 0 aliphatic heterocycles. The zero-order chi connectivity index (χ0) is 14.0. The summed E-state index contributed by atoms with van der Waals surface area (Å²) < 4.78 is 6.95. The average molecular weight is 266 g/mol. The highest BCUT2D eigenvalue weighted by atomic mass is 16.5. The van der Waals surface area contributed by atoms with Gasteiger partial charge in [0, 0.05) is 6.54 Å². The topological polar surface area (TPSA) is 73.4 Å². The second-order valence-electron chi connectivity index (χ2n) is 5.43. The van der Waals surface area contributed by atoms with E-state index < -0.39 is 5.54 Å². The minimum absolute atomic E-state index is 0.0492. The molecule has 1 heterocycles. The van der Waals surface area contributed by atoms with Crippen LogP contribution in [0.2, 0.25) is 0 Å². The van der Waals surface area contributed by atoms with Gasteiger partial charge in [-0.05, 0) is 33.4 Å². The number of rotatable bonds is 6. The fourth-order valence-electron chi connectivity index (χ4n) is 2.23. The number of hydrogen-bond acceptors (Lipinski definition) is 5. The summed E-state index contributed by atoms with van der Waals surface area (Å²) in [6.45, 7) is 1.45.